The van der Waals surface area contributed by atoms with Crippen LogP contribution in [0.25, 0.3) is 0 Å². The van der Waals surface area contributed by atoms with Crippen LogP contribution in [0.2, 0.25) is 0 Å². The lowest BCUT2D eigenvalue weighted by molar-refractivity contribution is -0.140. The average molecular weight is 502 g/mol. The summed E-state index contributed by atoms with van der Waals surface area (Å²) in [4.78, 5) is 28.5. The standard InChI is InChI=1S/C27H39N3O4S/c1-8-21(5)28-27(32)24(9-2)29(17-23-15-11-10-13-20(23)4)26(31)18-30(35(7,33)34)25-16-12-14-19(3)22(25)6/h10-16,21,24H,8-9,17-18H2,1-7H3,(H,28,32)/t21-,24+/m1/s1. The molecule has 1 N–H and O–H groups in total. The van der Waals surface area contributed by atoms with Crippen LogP contribution in [0.15, 0.2) is 42.5 Å². The molecule has 2 aromatic rings. The fraction of sp³-hybridized carbons (Fsp3) is 0.481. The fourth-order valence-electron chi connectivity index (χ4n) is 3.93. The number of amides is 2. The molecule has 0 aromatic heterocycles. The number of hydrogen-bond acceptors (Lipinski definition) is 4. The summed E-state index contributed by atoms with van der Waals surface area (Å²) in [5.41, 5.74) is 4.09. The maximum Gasteiger partial charge on any atom is 0.244 e. The van der Waals surface area contributed by atoms with Gasteiger partial charge in [0, 0.05) is 12.6 Å². The molecule has 2 amide bonds. The molecule has 192 valence electrons. The summed E-state index contributed by atoms with van der Waals surface area (Å²) in [6.45, 7) is 11.3. The second-order valence-corrected chi connectivity index (χ2v) is 11.1. The number of nitrogens with one attached hydrogen (secondary N) is 1. The zero-order chi connectivity index (χ0) is 26.3. The van der Waals surface area contributed by atoms with Gasteiger partial charge in [0.2, 0.25) is 21.8 Å². The molecule has 0 aliphatic heterocycles. The van der Waals surface area contributed by atoms with E-state index in [4.69, 9.17) is 0 Å². The highest BCUT2D eigenvalue weighted by Crippen LogP contribution is 2.26. The topological polar surface area (TPSA) is 86.8 Å². The van der Waals surface area contributed by atoms with Crippen molar-refractivity contribution in [1.29, 1.82) is 0 Å². The minimum atomic E-state index is -3.76. The Labute approximate surface area is 210 Å². The summed E-state index contributed by atoms with van der Waals surface area (Å²) in [7, 11) is -3.76. The SMILES string of the molecule is CC[C@@H](C)NC(=O)[C@H](CC)N(Cc1ccccc1C)C(=O)CN(c1cccc(C)c1C)S(C)(=O)=O. The van der Waals surface area contributed by atoms with E-state index in [1.807, 2.05) is 71.9 Å². The van der Waals surface area contributed by atoms with Crippen molar-refractivity contribution in [3.05, 3.63) is 64.7 Å². The number of rotatable bonds is 11. The zero-order valence-electron chi connectivity index (χ0n) is 22.0. The fourth-order valence-corrected chi connectivity index (χ4v) is 4.83. The van der Waals surface area contributed by atoms with Crippen LogP contribution in [0.3, 0.4) is 0 Å². The molecule has 0 radical (unpaired) electrons. The lowest BCUT2D eigenvalue weighted by Gasteiger charge is -2.34. The quantitative estimate of drug-likeness (QED) is 0.502. The molecule has 2 aromatic carbocycles. The first-order valence-electron chi connectivity index (χ1n) is 12.1. The van der Waals surface area contributed by atoms with Gasteiger partial charge in [0.1, 0.15) is 12.6 Å². The first-order valence-corrected chi connectivity index (χ1v) is 13.9. The van der Waals surface area contributed by atoms with Crippen molar-refractivity contribution >= 4 is 27.5 Å². The molecule has 8 heteroatoms. The highest BCUT2D eigenvalue weighted by molar-refractivity contribution is 7.92. The smallest absolute Gasteiger partial charge is 0.244 e. The van der Waals surface area contributed by atoms with Crippen molar-refractivity contribution in [1.82, 2.24) is 10.2 Å². The van der Waals surface area contributed by atoms with Crippen LogP contribution in [-0.2, 0) is 26.2 Å². The van der Waals surface area contributed by atoms with Gasteiger partial charge in [-0.15, -0.1) is 0 Å². The lowest BCUT2D eigenvalue weighted by atomic mass is 10.1. The van der Waals surface area contributed by atoms with Crippen LogP contribution >= 0.6 is 0 Å². The van der Waals surface area contributed by atoms with E-state index >= 15 is 0 Å². The van der Waals surface area contributed by atoms with E-state index < -0.39 is 22.0 Å². The molecule has 35 heavy (non-hydrogen) atoms. The van der Waals surface area contributed by atoms with Gasteiger partial charge in [-0.25, -0.2) is 8.42 Å². The van der Waals surface area contributed by atoms with Gasteiger partial charge in [-0.3, -0.25) is 13.9 Å². The van der Waals surface area contributed by atoms with Crippen molar-refractivity contribution in [2.45, 2.75) is 73.0 Å². The number of carbonyl (C=O) groups excluding carboxylic acids is 2. The number of aryl methyl sites for hydroxylation is 2. The Bertz CT molecular complexity index is 1150. The minimum Gasteiger partial charge on any atom is -0.352 e. The molecule has 0 spiro atoms. The minimum absolute atomic E-state index is 0.0329. The van der Waals surface area contributed by atoms with Gasteiger partial charge >= 0.3 is 0 Å². The van der Waals surface area contributed by atoms with Crippen molar-refractivity contribution in [3.8, 4) is 0 Å². The van der Waals surface area contributed by atoms with E-state index in [-0.39, 0.29) is 25.0 Å². The van der Waals surface area contributed by atoms with E-state index in [0.717, 1.165) is 39.2 Å². The Balaban J connectivity index is 2.50. The molecule has 0 aliphatic rings. The largest absolute Gasteiger partial charge is 0.352 e. The van der Waals surface area contributed by atoms with Gasteiger partial charge in [0.05, 0.1) is 11.9 Å². The molecule has 0 unspecified atom stereocenters. The second-order valence-electron chi connectivity index (χ2n) is 9.18. The Morgan fingerprint density at radius 3 is 2.14 bits per heavy atom. The van der Waals surface area contributed by atoms with Crippen LogP contribution in [-0.4, -0.2) is 50.0 Å². The van der Waals surface area contributed by atoms with Gasteiger partial charge in [-0.2, -0.15) is 0 Å². The summed E-state index contributed by atoms with van der Waals surface area (Å²) in [5, 5.41) is 2.98. The molecular formula is C27H39N3O4S. The number of sulfonamides is 1. The predicted octanol–water partition coefficient (Wildman–Crippen LogP) is 4.10. The van der Waals surface area contributed by atoms with E-state index in [1.54, 1.807) is 12.1 Å². The molecular weight excluding hydrogens is 462 g/mol. The third kappa shape index (κ3) is 7.31. The van der Waals surface area contributed by atoms with Crippen LogP contribution in [0, 0.1) is 20.8 Å². The molecule has 0 saturated heterocycles. The average Bonchev–Trinajstić information content (AvgIpc) is 2.79. The van der Waals surface area contributed by atoms with Crippen molar-refractivity contribution in [3.63, 3.8) is 0 Å². The lowest BCUT2D eigenvalue weighted by Crippen LogP contribution is -2.53. The van der Waals surface area contributed by atoms with Crippen LogP contribution in [0.1, 0.15) is 55.9 Å². The third-order valence-corrected chi connectivity index (χ3v) is 7.64. The van der Waals surface area contributed by atoms with E-state index in [1.165, 1.54) is 4.90 Å². The number of carbonyl (C=O) groups is 2. The Hall–Kier alpha value is -2.87. The normalized spacial score (nSPS) is 13.1. The molecule has 0 aliphatic carbocycles. The van der Waals surface area contributed by atoms with Crippen LogP contribution in [0.4, 0.5) is 5.69 Å². The maximum atomic E-state index is 13.8. The molecule has 2 rings (SSSR count). The third-order valence-electron chi connectivity index (χ3n) is 6.51. The van der Waals surface area contributed by atoms with E-state index in [9.17, 15) is 18.0 Å². The summed E-state index contributed by atoms with van der Waals surface area (Å²) >= 11 is 0. The van der Waals surface area contributed by atoms with Gasteiger partial charge in [0.25, 0.3) is 0 Å². The van der Waals surface area contributed by atoms with Gasteiger partial charge in [0.15, 0.2) is 0 Å². The van der Waals surface area contributed by atoms with E-state index in [2.05, 4.69) is 5.32 Å². The Morgan fingerprint density at radius 1 is 0.943 bits per heavy atom. The summed E-state index contributed by atoms with van der Waals surface area (Å²) in [5.74, 6) is -0.660. The number of anilines is 1. The van der Waals surface area contributed by atoms with Crippen molar-refractivity contribution in [2.75, 3.05) is 17.1 Å². The zero-order valence-corrected chi connectivity index (χ0v) is 22.8. The summed E-state index contributed by atoms with van der Waals surface area (Å²) in [6, 6.07) is 12.3. The second kappa shape index (κ2) is 12.2. The van der Waals surface area contributed by atoms with Crippen molar-refractivity contribution < 1.29 is 18.0 Å². The Kier molecular flexibility index (Phi) is 9.89. The number of hydrogen-bond donors (Lipinski definition) is 1. The molecule has 2 atom stereocenters. The van der Waals surface area contributed by atoms with Crippen molar-refractivity contribution in [2.24, 2.45) is 0 Å². The first-order chi connectivity index (χ1) is 16.4. The monoisotopic (exact) mass is 501 g/mol. The van der Waals surface area contributed by atoms with Crippen LogP contribution < -0.4 is 9.62 Å². The maximum absolute atomic E-state index is 13.8. The summed E-state index contributed by atoms with van der Waals surface area (Å²) in [6.07, 6.45) is 2.27. The van der Waals surface area contributed by atoms with Gasteiger partial charge in [-0.05, 0) is 68.9 Å². The molecule has 7 nitrogen and oxygen atoms in total. The Morgan fingerprint density at radius 2 is 1.57 bits per heavy atom. The highest BCUT2D eigenvalue weighted by Gasteiger charge is 2.32. The molecule has 0 saturated carbocycles. The molecule has 0 heterocycles. The summed E-state index contributed by atoms with van der Waals surface area (Å²) < 4.78 is 26.7. The molecule has 0 bridgehead atoms. The number of nitrogens with zero attached hydrogens (tertiary/aromatic N) is 2. The van der Waals surface area contributed by atoms with Crippen LogP contribution in [0.5, 0.6) is 0 Å². The van der Waals surface area contributed by atoms with E-state index in [0.29, 0.717) is 12.1 Å². The number of benzene rings is 2. The molecule has 0 fully saturated rings. The first kappa shape index (κ1) is 28.4. The van der Waals surface area contributed by atoms with Gasteiger partial charge < -0.3 is 10.2 Å². The van der Waals surface area contributed by atoms with Gasteiger partial charge in [-0.1, -0.05) is 50.2 Å². The predicted molar refractivity (Wildman–Crippen MR) is 142 cm³/mol. The highest BCUT2D eigenvalue weighted by atomic mass is 32.2.